The van der Waals surface area contributed by atoms with Gasteiger partial charge in [0.05, 0.1) is 11.2 Å². The lowest BCUT2D eigenvalue weighted by Crippen LogP contribution is -2.37. The van der Waals surface area contributed by atoms with E-state index in [1.165, 1.54) is 33.3 Å². The van der Waals surface area contributed by atoms with E-state index in [1.54, 1.807) is 23.7 Å². The van der Waals surface area contributed by atoms with Gasteiger partial charge >= 0.3 is 0 Å². The first-order chi connectivity index (χ1) is 12.2. The fourth-order valence-electron chi connectivity index (χ4n) is 2.76. The fourth-order valence-corrected chi connectivity index (χ4v) is 5.93. The average molecular weight is 463 g/mol. The van der Waals surface area contributed by atoms with E-state index in [0.29, 0.717) is 6.42 Å². The van der Waals surface area contributed by atoms with E-state index >= 15 is 0 Å². The summed E-state index contributed by atoms with van der Waals surface area (Å²) >= 11 is 3.28. The number of sulfonamides is 2. The van der Waals surface area contributed by atoms with Gasteiger partial charge in [0.25, 0.3) is 10.0 Å². The Hall–Kier alpha value is -1.27. The topological polar surface area (TPSA) is 92.6 Å². The number of hydrogen-bond acceptors (Lipinski definition) is 5. The van der Waals surface area contributed by atoms with Gasteiger partial charge in [-0.2, -0.15) is 8.61 Å². The molecule has 3 rings (SSSR count). The van der Waals surface area contributed by atoms with Crippen molar-refractivity contribution in [1.29, 1.82) is 0 Å². The molecule has 2 heterocycles. The monoisotopic (exact) mass is 462 g/mol. The Kier molecular flexibility index (Phi) is 5.54. The summed E-state index contributed by atoms with van der Waals surface area (Å²) < 4.78 is 56.0. The van der Waals surface area contributed by atoms with Crippen molar-refractivity contribution >= 4 is 36.0 Å². The maximum absolute atomic E-state index is 12.8. The Balaban J connectivity index is 1.79. The van der Waals surface area contributed by atoms with Crippen LogP contribution in [0.15, 0.2) is 51.2 Å². The summed E-state index contributed by atoms with van der Waals surface area (Å²) in [6.45, 7) is 0.719. The van der Waals surface area contributed by atoms with Crippen molar-refractivity contribution in [2.75, 3.05) is 26.2 Å². The lowest BCUT2D eigenvalue weighted by atomic mass is 10.4. The molecule has 0 aliphatic carbocycles. The van der Waals surface area contributed by atoms with E-state index < -0.39 is 20.0 Å². The van der Waals surface area contributed by atoms with E-state index in [1.807, 2.05) is 0 Å². The number of benzene rings is 1. The lowest BCUT2D eigenvalue weighted by molar-refractivity contribution is 0.403. The maximum atomic E-state index is 12.8. The smallest absolute Gasteiger partial charge is 0.262 e. The van der Waals surface area contributed by atoms with E-state index in [0.717, 1.165) is 4.47 Å². The molecule has 0 spiro atoms. The van der Waals surface area contributed by atoms with Crippen LogP contribution in [-0.2, 0) is 27.1 Å². The molecule has 0 amide bonds. The Morgan fingerprint density at radius 1 is 0.923 bits per heavy atom. The van der Waals surface area contributed by atoms with E-state index in [4.69, 9.17) is 0 Å². The highest BCUT2D eigenvalue weighted by atomic mass is 79.9. The zero-order valence-electron chi connectivity index (χ0n) is 14.1. The minimum atomic E-state index is -3.73. The second kappa shape index (κ2) is 7.39. The molecule has 142 valence electrons. The number of nitrogens with zero attached hydrogens (tertiary/aromatic N) is 4. The van der Waals surface area contributed by atoms with Crippen molar-refractivity contribution < 1.29 is 16.8 Å². The normalized spacial score (nSPS) is 17.9. The third-order valence-electron chi connectivity index (χ3n) is 4.15. The molecule has 2 aromatic rings. The van der Waals surface area contributed by atoms with Crippen LogP contribution in [0.2, 0.25) is 0 Å². The van der Waals surface area contributed by atoms with Gasteiger partial charge in [0.1, 0.15) is 0 Å². The van der Waals surface area contributed by atoms with Crippen LogP contribution >= 0.6 is 15.9 Å². The largest absolute Gasteiger partial charge is 0.339 e. The molecule has 1 aliphatic rings. The van der Waals surface area contributed by atoms with E-state index in [2.05, 4.69) is 20.9 Å². The van der Waals surface area contributed by atoms with Crippen LogP contribution in [0.3, 0.4) is 0 Å². The quantitative estimate of drug-likeness (QED) is 0.681. The summed E-state index contributed by atoms with van der Waals surface area (Å²) in [6.07, 6.45) is 3.29. The highest BCUT2D eigenvalue weighted by Gasteiger charge is 2.32. The molecular formula is C15H19BrN4O4S2. The zero-order valence-corrected chi connectivity index (χ0v) is 17.3. The van der Waals surface area contributed by atoms with Gasteiger partial charge in [0, 0.05) is 43.9 Å². The highest BCUT2D eigenvalue weighted by molar-refractivity contribution is 9.10. The molecule has 1 fully saturated rings. The van der Waals surface area contributed by atoms with Crippen molar-refractivity contribution in [3.8, 4) is 0 Å². The van der Waals surface area contributed by atoms with Gasteiger partial charge in [-0.1, -0.05) is 15.9 Å². The van der Waals surface area contributed by atoms with Crippen molar-refractivity contribution in [2.24, 2.45) is 7.05 Å². The molecule has 0 unspecified atom stereocenters. The molecule has 11 heteroatoms. The minimum absolute atomic E-state index is 0.0239. The van der Waals surface area contributed by atoms with Gasteiger partial charge in [-0.25, -0.2) is 21.8 Å². The molecule has 1 saturated heterocycles. The van der Waals surface area contributed by atoms with Crippen LogP contribution in [0.25, 0.3) is 0 Å². The number of hydrogen-bond donors (Lipinski definition) is 0. The molecule has 0 bridgehead atoms. The zero-order chi connectivity index (χ0) is 18.9. The van der Waals surface area contributed by atoms with Crippen LogP contribution in [-0.4, -0.2) is 61.2 Å². The van der Waals surface area contributed by atoms with Crippen LogP contribution in [0.4, 0.5) is 0 Å². The minimum Gasteiger partial charge on any atom is -0.339 e. The van der Waals surface area contributed by atoms with Crippen molar-refractivity contribution in [1.82, 2.24) is 18.2 Å². The molecule has 1 aromatic carbocycles. The molecule has 0 N–H and O–H groups in total. The number of rotatable bonds is 4. The number of aryl methyl sites for hydroxylation is 1. The SMILES string of the molecule is Cn1cnc(S(=O)(=O)N2CCCN(S(=O)(=O)c3ccc(Br)cc3)CC2)c1. The summed E-state index contributed by atoms with van der Waals surface area (Å²) in [5.74, 6) is 0. The molecule has 0 atom stereocenters. The summed E-state index contributed by atoms with van der Waals surface area (Å²) in [5.41, 5.74) is 0. The number of imidazole rings is 1. The summed E-state index contributed by atoms with van der Waals surface area (Å²) in [7, 11) is -5.69. The molecule has 1 aromatic heterocycles. The Bertz CT molecular complexity index is 987. The van der Waals surface area contributed by atoms with E-state index in [-0.39, 0.29) is 36.1 Å². The van der Waals surface area contributed by atoms with Crippen LogP contribution in [0.5, 0.6) is 0 Å². The predicted octanol–water partition coefficient (Wildman–Crippen LogP) is 1.27. The first-order valence-corrected chi connectivity index (χ1v) is 11.6. The first kappa shape index (κ1) is 19.5. The Morgan fingerprint density at radius 2 is 1.50 bits per heavy atom. The van der Waals surface area contributed by atoms with Crippen LogP contribution in [0, 0.1) is 0 Å². The van der Waals surface area contributed by atoms with Crippen LogP contribution < -0.4 is 0 Å². The average Bonchev–Trinajstić information content (AvgIpc) is 2.88. The number of aromatic nitrogens is 2. The molecule has 26 heavy (non-hydrogen) atoms. The maximum Gasteiger partial charge on any atom is 0.262 e. The third-order valence-corrected chi connectivity index (χ3v) is 8.38. The van der Waals surface area contributed by atoms with Gasteiger partial charge in [-0.15, -0.1) is 0 Å². The van der Waals surface area contributed by atoms with Gasteiger partial charge < -0.3 is 4.57 Å². The Labute approximate surface area is 161 Å². The standard InChI is InChI=1S/C15H19BrN4O4S2/c1-18-11-15(17-12-18)26(23,24)20-8-2-7-19(9-10-20)25(21,22)14-5-3-13(16)4-6-14/h3-6,11-12H,2,7-10H2,1H3. The van der Waals surface area contributed by atoms with Crippen molar-refractivity contribution in [3.63, 3.8) is 0 Å². The van der Waals surface area contributed by atoms with Gasteiger partial charge in [0.15, 0.2) is 5.03 Å². The van der Waals surface area contributed by atoms with Crippen molar-refractivity contribution in [3.05, 3.63) is 41.3 Å². The first-order valence-electron chi connectivity index (χ1n) is 7.95. The van der Waals surface area contributed by atoms with E-state index in [9.17, 15) is 16.8 Å². The number of halogens is 1. The highest BCUT2D eigenvalue weighted by Crippen LogP contribution is 2.22. The van der Waals surface area contributed by atoms with Crippen molar-refractivity contribution in [2.45, 2.75) is 16.3 Å². The van der Waals surface area contributed by atoms with Gasteiger partial charge in [-0.05, 0) is 30.7 Å². The fraction of sp³-hybridized carbons (Fsp3) is 0.400. The second-order valence-electron chi connectivity index (χ2n) is 5.99. The molecule has 0 saturated carbocycles. The van der Waals surface area contributed by atoms with Gasteiger partial charge in [-0.3, -0.25) is 0 Å². The molecular weight excluding hydrogens is 444 g/mol. The molecule has 1 aliphatic heterocycles. The molecule has 8 nitrogen and oxygen atoms in total. The lowest BCUT2D eigenvalue weighted by Gasteiger charge is -2.21. The predicted molar refractivity (Wildman–Crippen MR) is 99.5 cm³/mol. The molecule has 0 radical (unpaired) electrons. The third kappa shape index (κ3) is 3.86. The second-order valence-corrected chi connectivity index (χ2v) is 10.7. The van der Waals surface area contributed by atoms with Crippen LogP contribution in [0.1, 0.15) is 6.42 Å². The summed E-state index contributed by atoms with van der Waals surface area (Å²) in [6, 6.07) is 6.41. The summed E-state index contributed by atoms with van der Waals surface area (Å²) in [4.78, 5) is 4.11. The van der Waals surface area contributed by atoms with Gasteiger partial charge in [0.2, 0.25) is 10.0 Å². The Morgan fingerprint density at radius 3 is 2.04 bits per heavy atom. The summed E-state index contributed by atoms with van der Waals surface area (Å²) in [5, 5.41) is -0.0239.